The second kappa shape index (κ2) is 10.7. The smallest absolute Gasteiger partial charge is 0.248 e. The lowest BCUT2D eigenvalue weighted by Gasteiger charge is -2.21. The van der Waals surface area contributed by atoms with Crippen LogP contribution in [0.2, 0.25) is 0 Å². The van der Waals surface area contributed by atoms with E-state index in [0.717, 1.165) is 46.6 Å². The average Bonchev–Trinajstić information content (AvgIpc) is 2.80. The van der Waals surface area contributed by atoms with Gasteiger partial charge >= 0.3 is 0 Å². The van der Waals surface area contributed by atoms with Gasteiger partial charge in [0.15, 0.2) is 11.5 Å². The SMILES string of the molecule is CCOc1ccc(/C=C/C(=O)Nc2ccc3nc(N(CC)CC)cc(C)c3c2)cc1OC. The number of amides is 1. The van der Waals surface area contributed by atoms with Gasteiger partial charge in [0, 0.05) is 30.2 Å². The Kier molecular flexibility index (Phi) is 7.71. The van der Waals surface area contributed by atoms with E-state index in [0.29, 0.717) is 18.1 Å². The van der Waals surface area contributed by atoms with Crippen molar-refractivity contribution in [2.75, 3.05) is 37.0 Å². The third-order valence-corrected chi connectivity index (χ3v) is 5.27. The van der Waals surface area contributed by atoms with Gasteiger partial charge in [-0.2, -0.15) is 0 Å². The second-order valence-corrected chi connectivity index (χ2v) is 7.37. The molecular weight excluding hydrogens is 402 g/mol. The maximum atomic E-state index is 12.5. The lowest BCUT2D eigenvalue weighted by Crippen LogP contribution is -2.23. The molecule has 0 atom stereocenters. The number of hydrogen-bond donors (Lipinski definition) is 1. The van der Waals surface area contributed by atoms with Crippen LogP contribution in [0.4, 0.5) is 11.5 Å². The van der Waals surface area contributed by atoms with E-state index >= 15 is 0 Å². The number of hydrogen-bond acceptors (Lipinski definition) is 5. The highest BCUT2D eigenvalue weighted by atomic mass is 16.5. The minimum absolute atomic E-state index is 0.206. The average molecular weight is 434 g/mol. The number of anilines is 2. The molecule has 0 aliphatic carbocycles. The Morgan fingerprint density at radius 3 is 2.53 bits per heavy atom. The predicted octanol–water partition coefficient (Wildman–Crippen LogP) is 5.45. The topological polar surface area (TPSA) is 63.7 Å². The van der Waals surface area contributed by atoms with Gasteiger partial charge in [0.2, 0.25) is 5.91 Å². The van der Waals surface area contributed by atoms with Crippen LogP contribution in [0.15, 0.2) is 48.5 Å². The fourth-order valence-electron chi connectivity index (χ4n) is 3.58. The molecule has 2 aromatic carbocycles. The first-order valence-corrected chi connectivity index (χ1v) is 10.9. The Hall–Kier alpha value is -3.54. The van der Waals surface area contributed by atoms with Gasteiger partial charge in [0.25, 0.3) is 0 Å². The largest absolute Gasteiger partial charge is 0.493 e. The fourth-order valence-corrected chi connectivity index (χ4v) is 3.58. The van der Waals surface area contributed by atoms with E-state index in [1.54, 1.807) is 13.2 Å². The Morgan fingerprint density at radius 1 is 1.06 bits per heavy atom. The molecule has 168 valence electrons. The Bertz CT molecular complexity index is 1120. The predicted molar refractivity (Wildman–Crippen MR) is 132 cm³/mol. The van der Waals surface area contributed by atoms with Crippen LogP contribution < -0.4 is 19.7 Å². The molecule has 0 aliphatic rings. The van der Waals surface area contributed by atoms with Crippen molar-refractivity contribution in [1.82, 2.24) is 4.98 Å². The van der Waals surface area contributed by atoms with Crippen molar-refractivity contribution < 1.29 is 14.3 Å². The summed E-state index contributed by atoms with van der Waals surface area (Å²) in [5, 5.41) is 3.96. The van der Waals surface area contributed by atoms with Gasteiger partial charge < -0.3 is 19.7 Å². The van der Waals surface area contributed by atoms with Gasteiger partial charge in [0.05, 0.1) is 19.2 Å². The molecule has 0 spiro atoms. The summed E-state index contributed by atoms with van der Waals surface area (Å²) in [7, 11) is 1.60. The van der Waals surface area contributed by atoms with Crippen molar-refractivity contribution in [3.63, 3.8) is 0 Å². The highest BCUT2D eigenvalue weighted by molar-refractivity contribution is 6.03. The molecule has 0 radical (unpaired) electrons. The van der Waals surface area contributed by atoms with Crippen molar-refractivity contribution in [3.8, 4) is 11.5 Å². The molecule has 0 unspecified atom stereocenters. The summed E-state index contributed by atoms with van der Waals surface area (Å²) in [5.41, 5.74) is 3.63. The van der Waals surface area contributed by atoms with Crippen molar-refractivity contribution in [2.24, 2.45) is 0 Å². The molecule has 1 heterocycles. The van der Waals surface area contributed by atoms with Gasteiger partial charge in [-0.25, -0.2) is 4.98 Å². The van der Waals surface area contributed by atoms with E-state index in [1.807, 2.05) is 43.3 Å². The van der Waals surface area contributed by atoms with E-state index in [9.17, 15) is 4.79 Å². The van der Waals surface area contributed by atoms with Crippen molar-refractivity contribution in [1.29, 1.82) is 0 Å². The van der Waals surface area contributed by atoms with E-state index in [1.165, 1.54) is 6.08 Å². The molecule has 1 N–H and O–H groups in total. The number of pyridine rings is 1. The molecule has 3 aromatic rings. The summed E-state index contributed by atoms with van der Waals surface area (Å²) in [6, 6.07) is 13.5. The molecule has 0 saturated carbocycles. The minimum atomic E-state index is -0.206. The zero-order valence-electron chi connectivity index (χ0n) is 19.4. The number of carbonyl (C=O) groups is 1. The summed E-state index contributed by atoms with van der Waals surface area (Å²) in [6.45, 7) is 10.6. The minimum Gasteiger partial charge on any atom is -0.493 e. The highest BCUT2D eigenvalue weighted by Gasteiger charge is 2.09. The van der Waals surface area contributed by atoms with Crippen LogP contribution in [0, 0.1) is 6.92 Å². The number of nitrogens with zero attached hydrogens (tertiary/aromatic N) is 2. The van der Waals surface area contributed by atoms with E-state index < -0.39 is 0 Å². The molecule has 32 heavy (non-hydrogen) atoms. The fraction of sp³-hybridized carbons (Fsp3) is 0.308. The molecule has 1 amide bonds. The van der Waals surface area contributed by atoms with E-state index in [2.05, 4.69) is 37.1 Å². The van der Waals surface area contributed by atoms with Crippen molar-refractivity contribution in [3.05, 3.63) is 59.7 Å². The monoisotopic (exact) mass is 433 g/mol. The first-order chi connectivity index (χ1) is 15.5. The summed E-state index contributed by atoms with van der Waals surface area (Å²) >= 11 is 0. The maximum Gasteiger partial charge on any atom is 0.248 e. The number of ether oxygens (including phenoxy) is 2. The molecule has 3 rings (SSSR count). The molecule has 0 bridgehead atoms. The molecule has 0 fully saturated rings. The zero-order valence-corrected chi connectivity index (χ0v) is 19.4. The molecular formula is C26H31N3O3. The first-order valence-electron chi connectivity index (χ1n) is 10.9. The van der Waals surface area contributed by atoms with Crippen LogP contribution in [0.25, 0.3) is 17.0 Å². The van der Waals surface area contributed by atoms with Gasteiger partial charge in [-0.05, 0) is 81.3 Å². The van der Waals surface area contributed by atoms with Crippen LogP contribution in [-0.4, -0.2) is 37.7 Å². The lowest BCUT2D eigenvalue weighted by atomic mass is 10.1. The normalized spacial score (nSPS) is 11.0. The molecule has 0 saturated heterocycles. The number of nitrogens with one attached hydrogen (secondary N) is 1. The van der Waals surface area contributed by atoms with Crippen LogP contribution in [0.1, 0.15) is 31.9 Å². The summed E-state index contributed by atoms with van der Waals surface area (Å²) in [4.78, 5) is 19.5. The Morgan fingerprint density at radius 2 is 1.84 bits per heavy atom. The Balaban J connectivity index is 1.75. The van der Waals surface area contributed by atoms with Gasteiger partial charge in [-0.15, -0.1) is 0 Å². The van der Waals surface area contributed by atoms with E-state index in [4.69, 9.17) is 14.5 Å². The number of carbonyl (C=O) groups excluding carboxylic acids is 1. The summed E-state index contributed by atoms with van der Waals surface area (Å²) in [6.07, 6.45) is 3.26. The highest BCUT2D eigenvalue weighted by Crippen LogP contribution is 2.29. The molecule has 0 aliphatic heterocycles. The number of aryl methyl sites for hydroxylation is 1. The van der Waals surface area contributed by atoms with Crippen LogP contribution in [0.5, 0.6) is 11.5 Å². The number of methoxy groups -OCH3 is 1. The lowest BCUT2D eigenvalue weighted by molar-refractivity contribution is -0.111. The maximum absolute atomic E-state index is 12.5. The third kappa shape index (κ3) is 5.38. The van der Waals surface area contributed by atoms with Crippen LogP contribution in [0.3, 0.4) is 0 Å². The van der Waals surface area contributed by atoms with Gasteiger partial charge in [-0.3, -0.25) is 4.79 Å². The van der Waals surface area contributed by atoms with Gasteiger partial charge in [0.1, 0.15) is 5.82 Å². The third-order valence-electron chi connectivity index (χ3n) is 5.27. The zero-order chi connectivity index (χ0) is 23.1. The number of aromatic nitrogens is 1. The number of fused-ring (bicyclic) bond motifs is 1. The Labute approximate surface area is 189 Å². The summed E-state index contributed by atoms with van der Waals surface area (Å²) in [5.74, 6) is 2.09. The number of benzene rings is 2. The standard InChI is InChI=1S/C26H31N3O3/c1-6-29(7-2)25-15-18(4)21-17-20(11-12-22(21)28-25)27-26(30)14-10-19-9-13-23(32-8-3)24(16-19)31-5/h9-17H,6-8H2,1-5H3,(H,27,30)/b14-10+. The van der Waals surface area contributed by atoms with E-state index in [-0.39, 0.29) is 5.91 Å². The summed E-state index contributed by atoms with van der Waals surface area (Å²) < 4.78 is 10.9. The second-order valence-electron chi connectivity index (χ2n) is 7.37. The van der Waals surface area contributed by atoms with Crippen molar-refractivity contribution >= 4 is 34.4 Å². The first kappa shape index (κ1) is 23.1. The van der Waals surface area contributed by atoms with Crippen LogP contribution >= 0.6 is 0 Å². The van der Waals surface area contributed by atoms with Gasteiger partial charge in [-0.1, -0.05) is 6.07 Å². The quantitative estimate of drug-likeness (QED) is 0.455. The molecule has 6 heteroatoms. The molecule has 1 aromatic heterocycles. The number of rotatable bonds is 9. The molecule has 6 nitrogen and oxygen atoms in total. The van der Waals surface area contributed by atoms with Crippen molar-refractivity contribution in [2.45, 2.75) is 27.7 Å². The van der Waals surface area contributed by atoms with Crippen LogP contribution in [-0.2, 0) is 4.79 Å².